The summed E-state index contributed by atoms with van der Waals surface area (Å²) in [6.45, 7) is 8.85. The molecule has 0 saturated heterocycles. The lowest BCUT2D eigenvalue weighted by Gasteiger charge is -2.07. The summed E-state index contributed by atoms with van der Waals surface area (Å²) in [6, 6.07) is 0. The fourth-order valence-electron chi connectivity index (χ4n) is 0.702. The highest BCUT2D eigenvalue weighted by Gasteiger charge is 2.03. The highest BCUT2D eigenvalue weighted by molar-refractivity contribution is 5.65. The summed E-state index contributed by atoms with van der Waals surface area (Å²) >= 11 is 0. The summed E-state index contributed by atoms with van der Waals surface area (Å²) in [7, 11) is 0. The molecule has 0 aromatic carbocycles. The lowest BCUT2D eigenvalue weighted by molar-refractivity contribution is -0.165. The molecule has 4 nitrogen and oxygen atoms in total. The van der Waals surface area contributed by atoms with Crippen molar-refractivity contribution in [1.82, 2.24) is 0 Å². The molecule has 14 heavy (non-hydrogen) atoms. The number of hydrogen-bond acceptors (Lipinski definition) is 4. The van der Waals surface area contributed by atoms with Crippen LogP contribution in [0, 0.1) is 0 Å². The summed E-state index contributed by atoms with van der Waals surface area (Å²) < 4.78 is 9.24. The minimum absolute atomic E-state index is 0.434. The monoisotopic (exact) mass is 206 g/mol. The molecule has 0 aliphatic rings. The molecule has 1 N–H and O–H groups in total. The predicted octanol–water partition coefficient (Wildman–Crippen LogP) is 1.71. The maximum atomic E-state index is 10.1. The van der Waals surface area contributed by atoms with Crippen molar-refractivity contribution in [2.75, 3.05) is 13.2 Å². The number of aliphatic hydroxyl groups is 1. The first-order valence-corrected chi connectivity index (χ1v) is 5.01. The minimum atomic E-state index is -0.910. The Balaban J connectivity index is 0. The van der Waals surface area contributed by atoms with E-state index >= 15 is 0 Å². The molecule has 1 atom stereocenters. The van der Waals surface area contributed by atoms with Gasteiger partial charge in [-0.15, -0.1) is 0 Å². The van der Waals surface area contributed by atoms with Crippen molar-refractivity contribution in [3.05, 3.63) is 0 Å². The molecule has 1 unspecified atom stereocenters. The fourth-order valence-corrected chi connectivity index (χ4v) is 0.702. The first-order valence-electron chi connectivity index (χ1n) is 5.01. The molecule has 0 aromatic heterocycles. The van der Waals surface area contributed by atoms with E-state index in [1.54, 1.807) is 0 Å². The second kappa shape index (κ2) is 12.4. The Kier molecular flexibility index (Phi) is 14.0. The normalized spacial score (nSPS) is 11.2. The lowest BCUT2D eigenvalue weighted by Crippen LogP contribution is -2.14. The molecule has 0 aliphatic carbocycles. The van der Waals surface area contributed by atoms with Crippen LogP contribution in [0.2, 0.25) is 0 Å². The molecule has 0 heterocycles. The third-order valence-corrected chi connectivity index (χ3v) is 1.25. The Morgan fingerprint density at radius 2 is 1.79 bits per heavy atom. The van der Waals surface area contributed by atoms with E-state index in [2.05, 4.69) is 4.74 Å². The van der Waals surface area contributed by atoms with Crippen molar-refractivity contribution in [3.8, 4) is 0 Å². The first-order chi connectivity index (χ1) is 6.58. The SMILES string of the molecule is CCCC(O)OC(C)=O.CCOCC. The second-order valence-corrected chi connectivity index (χ2v) is 2.63. The maximum Gasteiger partial charge on any atom is 0.304 e. The van der Waals surface area contributed by atoms with Gasteiger partial charge in [0.25, 0.3) is 0 Å². The van der Waals surface area contributed by atoms with Crippen molar-refractivity contribution in [1.29, 1.82) is 0 Å². The lowest BCUT2D eigenvalue weighted by atomic mass is 10.3. The Morgan fingerprint density at radius 1 is 1.29 bits per heavy atom. The minimum Gasteiger partial charge on any atom is -0.436 e. The van der Waals surface area contributed by atoms with Crippen LogP contribution in [-0.4, -0.2) is 30.6 Å². The van der Waals surface area contributed by atoms with Crippen LogP contribution in [0.1, 0.15) is 40.5 Å². The van der Waals surface area contributed by atoms with Gasteiger partial charge in [0.15, 0.2) is 0 Å². The van der Waals surface area contributed by atoms with Crippen LogP contribution in [-0.2, 0) is 14.3 Å². The molecular formula is C10H22O4. The van der Waals surface area contributed by atoms with E-state index < -0.39 is 12.3 Å². The molecule has 0 fully saturated rings. The Bertz CT molecular complexity index is 123. The van der Waals surface area contributed by atoms with Crippen LogP contribution in [0.4, 0.5) is 0 Å². The Morgan fingerprint density at radius 3 is 2.00 bits per heavy atom. The van der Waals surface area contributed by atoms with E-state index in [1.807, 2.05) is 20.8 Å². The van der Waals surface area contributed by atoms with Gasteiger partial charge in [-0.05, 0) is 13.8 Å². The molecule has 0 rings (SSSR count). The van der Waals surface area contributed by atoms with Crippen LogP contribution in [0.25, 0.3) is 0 Å². The van der Waals surface area contributed by atoms with Gasteiger partial charge in [0.2, 0.25) is 6.29 Å². The van der Waals surface area contributed by atoms with E-state index in [9.17, 15) is 4.79 Å². The molecule has 0 amide bonds. The van der Waals surface area contributed by atoms with Crippen LogP contribution in [0.3, 0.4) is 0 Å². The van der Waals surface area contributed by atoms with Gasteiger partial charge in [-0.3, -0.25) is 4.79 Å². The highest BCUT2D eigenvalue weighted by atomic mass is 16.6. The van der Waals surface area contributed by atoms with Crippen molar-refractivity contribution in [3.63, 3.8) is 0 Å². The Labute approximate surface area is 86.2 Å². The summed E-state index contributed by atoms with van der Waals surface area (Å²) in [5.74, 6) is -0.434. The average molecular weight is 206 g/mol. The summed E-state index contributed by atoms with van der Waals surface area (Å²) in [5, 5.41) is 8.78. The topological polar surface area (TPSA) is 55.8 Å². The average Bonchev–Trinajstić information content (AvgIpc) is 2.05. The zero-order chi connectivity index (χ0) is 11.4. The summed E-state index contributed by atoms with van der Waals surface area (Å²) in [4.78, 5) is 10.1. The molecular weight excluding hydrogens is 184 g/mol. The quantitative estimate of drug-likeness (QED) is 0.549. The summed E-state index contributed by atoms with van der Waals surface area (Å²) in [6.07, 6.45) is 0.418. The first kappa shape index (κ1) is 15.8. The van der Waals surface area contributed by atoms with Crippen LogP contribution >= 0.6 is 0 Å². The number of hydrogen-bond donors (Lipinski definition) is 1. The van der Waals surface area contributed by atoms with Gasteiger partial charge < -0.3 is 14.6 Å². The number of ether oxygens (including phenoxy) is 2. The highest BCUT2D eigenvalue weighted by Crippen LogP contribution is 1.96. The largest absolute Gasteiger partial charge is 0.436 e. The zero-order valence-corrected chi connectivity index (χ0v) is 9.58. The van der Waals surface area contributed by atoms with Gasteiger partial charge in [-0.1, -0.05) is 13.3 Å². The van der Waals surface area contributed by atoms with E-state index in [0.717, 1.165) is 19.6 Å². The molecule has 0 spiro atoms. The van der Waals surface area contributed by atoms with Gasteiger partial charge >= 0.3 is 5.97 Å². The number of carbonyl (C=O) groups excluding carboxylic acids is 1. The number of carbonyl (C=O) groups is 1. The number of aliphatic hydroxyl groups excluding tert-OH is 1. The molecule has 0 saturated carbocycles. The number of rotatable bonds is 5. The molecule has 86 valence electrons. The zero-order valence-electron chi connectivity index (χ0n) is 9.58. The van der Waals surface area contributed by atoms with Gasteiger partial charge in [0.05, 0.1) is 0 Å². The summed E-state index contributed by atoms with van der Waals surface area (Å²) in [5.41, 5.74) is 0. The van der Waals surface area contributed by atoms with E-state index in [-0.39, 0.29) is 0 Å². The predicted molar refractivity (Wildman–Crippen MR) is 54.8 cm³/mol. The van der Waals surface area contributed by atoms with Gasteiger partial charge in [-0.25, -0.2) is 0 Å². The van der Waals surface area contributed by atoms with Gasteiger partial charge in [0.1, 0.15) is 0 Å². The van der Waals surface area contributed by atoms with Crippen molar-refractivity contribution >= 4 is 5.97 Å². The van der Waals surface area contributed by atoms with Crippen LogP contribution in [0.15, 0.2) is 0 Å². The van der Waals surface area contributed by atoms with Crippen molar-refractivity contribution in [2.24, 2.45) is 0 Å². The fraction of sp³-hybridized carbons (Fsp3) is 0.900. The van der Waals surface area contributed by atoms with E-state index in [1.165, 1.54) is 6.92 Å². The van der Waals surface area contributed by atoms with Gasteiger partial charge in [-0.2, -0.15) is 0 Å². The second-order valence-electron chi connectivity index (χ2n) is 2.63. The van der Waals surface area contributed by atoms with Gasteiger partial charge in [0, 0.05) is 26.6 Å². The number of esters is 1. The molecule has 0 radical (unpaired) electrons. The molecule has 4 heteroatoms. The molecule has 0 aromatic rings. The van der Waals surface area contributed by atoms with Crippen LogP contribution in [0.5, 0.6) is 0 Å². The van der Waals surface area contributed by atoms with Crippen molar-refractivity contribution in [2.45, 2.75) is 46.8 Å². The third-order valence-electron chi connectivity index (χ3n) is 1.25. The van der Waals surface area contributed by atoms with Crippen molar-refractivity contribution < 1.29 is 19.4 Å². The standard InChI is InChI=1S/C6H12O3.C4H10O/c1-3-4-6(8)9-5(2)7;1-3-5-4-2/h6,8H,3-4H2,1-2H3;3-4H2,1-2H3. The molecule has 0 bridgehead atoms. The van der Waals surface area contributed by atoms with E-state index in [0.29, 0.717) is 6.42 Å². The van der Waals surface area contributed by atoms with Crippen LogP contribution < -0.4 is 0 Å². The Hall–Kier alpha value is -0.610. The molecule has 0 aliphatic heterocycles. The third kappa shape index (κ3) is 17.5. The maximum absolute atomic E-state index is 10.1. The van der Waals surface area contributed by atoms with E-state index in [4.69, 9.17) is 9.84 Å². The smallest absolute Gasteiger partial charge is 0.304 e.